The number of anilines is 2. The van der Waals surface area contributed by atoms with E-state index in [1.54, 1.807) is 35.1 Å². The Hall–Kier alpha value is -3.22. The van der Waals surface area contributed by atoms with E-state index < -0.39 is 0 Å². The first-order chi connectivity index (χ1) is 13.9. The van der Waals surface area contributed by atoms with Crippen molar-refractivity contribution in [1.82, 2.24) is 4.90 Å². The highest BCUT2D eigenvalue weighted by Gasteiger charge is 2.31. The van der Waals surface area contributed by atoms with Gasteiger partial charge < -0.3 is 19.7 Å². The molecule has 1 heterocycles. The number of nitrogens with one attached hydrogen (secondary N) is 1. The van der Waals surface area contributed by atoms with Gasteiger partial charge in [-0.25, -0.2) is 4.79 Å². The Morgan fingerprint density at radius 3 is 2.41 bits per heavy atom. The second-order valence-corrected chi connectivity index (χ2v) is 7.22. The maximum Gasteiger partial charge on any atom is 0.325 e. The van der Waals surface area contributed by atoms with Crippen LogP contribution in [0.4, 0.5) is 16.2 Å². The molecule has 1 N–H and O–H groups in total. The smallest absolute Gasteiger partial charge is 0.325 e. The Bertz CT molecular complexity index is 880. The second kappa shape index (κ2) is 8.86. The minimum atomic E-state index is -0.279. The molecule has 0 atom stereocenters. The molecule has 7 nitrogen and oxygen atoms in total. The molecule has 0 saturated carbocycles. The number of methoxy groups -OCH3 is 2. The summed E-state index contributed by atoms with van der Waals surface area (Å²) in [5.41, 5.74) is 2.61. The highest BCUT2D eigenvalue weighted by molar-refractivity contribution is 5.99. The van der Waals surface area contributed by atoms with Crippen molar-refractivity contribution in [2.45, 2.75) is 19.8 Å². The van der Waals surface area contributed by atoms with E-state index in [2.05, 4.69) is 19.2 Å². The molecule has 0 aromatic heterocycles. The maximum absolute atomic E-state index is 12.7. The van der Waals surface area contributed by atoms with Crippen molar-refractivity contribution in [2.75, 3.05) is 44.1 Å². The predicted octanol–water partition coefficient (Wildman–Crippen LogP) is 3.71. The molecule has 1 saturated heterocycles. The number of ether oxygens (including phenoxy) is 2. The summed E-state index contributed by atoms with van der Waals surface area (Å²) in [6, 6.07) is 13.0. The van der Waals surface area contributed by atoms with Crippen LogP contribution in [0.5, 0.6) is 11.5 Å². The predicted molar refractivity (Wildman–Crippen MR) is 113 cm³/mol. The van der Waals surface area contributed by atoms with Gasteiger partial charge in [-0.15, -0.1) is 0 Å². The van der Waals surface area contributed by atoms with Crippen LogP contribution < -0.4 is 19.7 Å². The lowest BCUT2D eigenvalue weighted by Gasteiger charge is -2.19. The van der Waals surface area contributed by atoms with Gasteiger partial charge in [0.05, 0.1) is 19.9 Å². The Labute approximate surface area is 171 Å². The van der Waals surface area contributed by atoms with Crippen LogP contribution >= 0.6 is 0 Å². The monoisotopic (exact) mass is 397 g/mol. The standard InChI is InChI=1S/C22H27N3O4/c1-15(2)16-5-7-17(8-6-16)25-12-11-24(22(25)27)14-21(26)23-19-10-9-18(28-3)13-20(19)29-4/h5-10,13,15H,11-12,14H2,1-4H3,(H,23,26). The summed E-state index contributed by atoms with van der Waals surface area (Å²) in [5, 5.41) is 2.80. The van der Waals surface area contributed by atoms with Gasteiger partial charge in [-0.05, 0) is 35.7 Å². The Kier molecular flexibility index (Phi) is 6.26. The van der Waals surface area contributed by atoms with Crippen molar-refractivity contribution in [3.8, 4) is 11.5 Å². The van der Waals surface area contributed by atoms with Crippen LogP contribution in [0, 0.1) is 0 Å². The first kappa shape index (κ1) is 20.5. The number of urea groups is 1. The van der Waals surface area contributed by atoms with E-state index in [1.165, 1.54) is 12.7 Å². The van der Waals surface area contributed by atoms with Gasteiger partial charge in [0, 0.05) is 24.8 Å². The molecule has 0 unspecified atom stereocenters. The minimum absolute atomic E-state index is 0.0193. The second-order valence-electron chi connectivity index (χ2n) is 7.22. The Balaban J connectivity index is 1.62. The van der Waals surface area contributed by atoms with E-state index in [-0.39, 0.29) is 18.5 Å². The average molecular weight is 397 g/mol. The maximum atomic E-state index is 12.7. The van der Waals surface area contributed by atoms with Crippen molar-refractivity contribution in [2.24, 2.45) is 0 Å². The van der Waals surface area contributed by atoms with Gasteiger partial charge in [0.1, 0.15) is 18.0 Å². The molecule has 0 bridgehead atoms. The van der Waals surface area contributed by atoms with Gasteiger partial charge in [0.15, 0.2) is 0 Å². The number of hydrogen-bond acceptors (Lipinski definition) is 4. The van der Waals surface area contributed by atoms with Gasteiger partial charge in [-0.2, -0.15) is 0 Å². The van der Waals surface area contributed by atoms with E-state index in [0.29, 0.717) is 36.2 Å². The summed E-state index contributed by atoms with van der Waals surface area (Å²) in [6.07, 6.45) is 0. The van der Waals surface area contributed by atoms with Crippen LogP contribution in [0.2, 0.25) is 0 Å². The Morgan fingerprint density at radius 2 is 1.79 bits per heavy atom. The molecule has 0 radical (unpaired) electrons. The van der Waals surface area contributed by atoms with Gasteiger partial charge in [0.25, 0.3) is 0 Å². The number of nitrogens with zero attached hydrogens (tertiary/aromatic N) is 2. The van der Waals surface area contributed by atoms with E-state index in [0.717, 1.165) is 5.69 Å². The highest BCUT2D eigenvalue weighted by atomic mass is 16.5. The average Bonchev–Trinajstić information content (AvgIpc) is 3.08. The zero-order chi connectivity index (χ0) is 21.0. The molecule has 29 heavy (non-hydrogen) atoms. The molecule has 1 aliphatic rings. The molecular weight excluding hydrogens is 370 g/mol. The molecular formula is C22H27N3O4. The number of carbonyl (C=O) groups excluding carboxylic acids is 2. The summed E-state index contributed by atoms with van der Waals surface area (Å²) in [7, 11) is 3.09. The van der Waals surface area contributed by atoms with Crippen LogP contribution in [0.15, 0.2) is 42.5 Å². The number of benzene rings is 2. The molecule has 7 heteroatoms. The molecule has 1 aliphatic heterocycles. The summed E-state index contributed by atoms with van der Waals surface area (Å²) in [4.78, 5) is 28.5. The van der Waals surface area contributed by atoms with E-state index >= 15 is 0 Å². The number of rotatable bonds is 7. The molecule has 2 aromatic rings. The number of carbonyl (C=O) groups is 2. The third-order valence-electron chi connectivity index (χ3n) is 4.98. The van der Waals surface area contributed by atoms with E-state index in [4.69, 9.17) is 9.47 Å². The normalized spacial score (nSPS) is 13.8. The van der Waals surface area contributed by atoms with Crippen LogP contribution in [-0.2, 0) is 4.79 Å². The van der Waals surface area contributed by atoms with Gasteiger partial charge in [0.2, 0.25) is 5.91 Å². The summed E-state index contributed by atoms with van der Waals surface area (Å²) in [6.45, 7) is 5.30. The van der Waals surface area contributed by atoms with Crippen LogP contribution in [0.3, 0.4) is 0 Å². The van der Waals surface area contributed by atoms with Crippen LogP contribution in [-0.4, -0.2) is 50.7 Å². The Morgan fingerprint density at radius 1 is 1.07 bits per heavy atom. The van der Waals surface area contributed by atoms with E-state index in [9.17, 15) is 9.59 Å². The number of amides is 3. The van der Waals surface area contributed by atoms with Crippen molar-refractivity contribution in [3.05, 3.63) is 48.0 Å². The van der Waals surface area contributed by atoms with Gasteiger partial charge in [-0.3, -0.25) is 9.69 Å². The van der Waals surface area contributed by atoms with Crippen LogP contribution in [0.25, 0.3) is 0 Å². The quantitative estimate of drug-likeness (QED) is 0.773. The lowest BCUT2D eigenvalue weighted by Crippen LogP contribution is -2.37. The van der Waals surface area contributed by atoms with Gasteiger partial charge >= 0.3 is 6.03 Å². The minimum Gasteiger partial charge on any atom is -0.497 e. The summed E-state index contributed by atoms with van der Waals surface area (Å²) < 4.78 is 10.5. The highest BCUT2D eigenvalue weighted by Crippen LogP contribution is 2.29. The van der Waals surface area contributed by atoms with Gasteiger partial charge in [-0.1, -0.05) is 26.0 Å². The first-order valence-corrected chi connectivity index (χ1v) is 9.61. The zero-order valence-corrected chi connectivity index (χ0v) is 17.3. The molecule has 3 amide bonds. The molecule has 2 aromatic carbocycles. The third-order valence-corrected chi connectivity index (χ3v) is 4.98. The molecule has 154 valence electrons. The zero-order valence-electron chi connectivity index (χ0n) is 17.3. The van der Waals surface area contributed by atoms with Crippen molar-refractivity contribution in [3.63, 3.8) is 0 Å². The molecule has 0 aliphatic carbocycles. The molecule has 0 spiro atoms. The topological polar surface area (TPSA) is 71.1 Å². The third kappa shape index (κ3) is 4.62. The SMILES string of the molecule is COc1ccc(NC(=O)CN2CCN(c3ccc(C(C)C)cc3)C2=O)c(OC)c1. The summed E-state index contributed by atoms with van der Waals surface area (Å²) >= 11 is 0. The van der Waals surface area contributed by atoms with Crippen molar-refractivity contribution >= 4 is 23.3 Å². The largest absolute Gasteiger partial charge is 0.497 e. The fraction of sp³-hybridized carbons (Fsp3) is 0.364. The lowest BCUT2D eigenvalue weighted by atomic mass is 10.0. The fourth-order valence-electron chi connectivity index (χ4n) is 3.27. The number of hydrogen-bond donors (Lipinski definition) is 1. The molecule has 1 fully saturated rings. The van der Waals surface area contributed by atoms with E-state index in [1.807, 2.05) is 24.3 Å². The van der Waals surface area contributed by atoms with Crippen molar-refractivity contribution in [1.29, 1.82) is 0 Å². The first-order valence-electron chi connectivity index (χ1n) is 9.61. The fourth-order valence-corrected chi connectivity index (χ4v) is 3.27. The molecule has 3 rings (SSSR count). The lowest BCUT2D eigenvalue weighted by molar-refractivity contribution is -0.116. The van der Waals surface area contributed by atoms with Crippen LogP contribution in [0.1, 0.15) is 25.3 Å². The summed E-state index contributed by atoms with van der Waals surface area (Å²) in [5.74, 6) is 1.29. The van der Waals surface area contributed by atoms with Crippen molar-refractivity contribution < 1.29 is 19.1 Å².